The van der Waals surface area contributed by atoms with Gasteiger partial charge in [0.1, 0.15) is 11.5 Å². The van der Waals surface area contributed by atoms with Gasteiger partial charge in [-0.25, -0.2) is 0 Å². The number of ether oxygens (including phenoxy) is 2. The molecule has 0 saturated carbocycles. The Morgan fingerprint density at radius 2 is 1.85 bits per heavy atom. The highest BCUT2D eigenvalue weighted by atomic mass is 16.5. The van der Waals surface area contributed by atoms with E-state index in [0.717, 1.165) is 43.1 Å². The molecule has 1 N–H and O–H groups in total. The molecule has 0 bridgehead atoms. The lowest BCUT2D eigenvalue weighted by atomic mass is 10.0. The molecule has 1 saturated heterocycles. The van der Waals surface area contributed by atoms with Crippen LogP contribution in [0.5, 0.6) is 11.5 Å². The summed E-state index contributed by atoms with van der Waals surface area (Å²) in [6.07, 6.45) is 1.86. The van der Waals surface area contributed by atoms with Gasteiger partial charge in [-0.3, -0.25) is 4.79 Å². The van der Waals surface area contributed by atoms with Crippen LogP contribution in [0.1, 0.15) is 30.1 Å². The van der Waals surface area contributed by atoms with Gasteiger partial charge in [-0.2, -0.15) is 0 Å². The number of carbonyl (C=O) groups excluding carboxylic acids is 1. The first kappa shape index (κ1) is 18.1. The highest BCUT2D eigenvalue weighted by molar-refractivity contribution is 5.94. The van der Waals surface area contributed by atoms with Gasteiger partial charge in [0.25, 0.3) is 5.91 Å². The molecule has 1 aliphatic rings. The number of nitrogens with one attached hydrogen (secondary N) is 1. The predicted octanol–water partition coefficient (Wildman–Crippen LogP) is 3.81. The number of anilines is 1. The topological polar surface area (TPSA) is 50.8 Å². The van der Waals surface area contributed by atoms with Crippen molar-refractivity contribution in [3.05, 3.63) is 54.1 Å². The number of benzene rings is 2. The summed E-state index contributed by atoms with van der Waals surface area (Å²) < 4.78 is 10.7. The first-order valence-corrected chi connectivity index (χ1v) is 9.12. The van der Waals surface area contributed by atoms with Crippen LogP contribution in [-0.2, 0) is 0 Å². The van der Waals surface area contributed by atoms with Crippen molar-refractivity contribution in [1.82, 2.24) is 4.90 Å². The van der Waals surface area contributed by atoms with E-state index in [1.165, 1.54) is 0 Å². The van der Waals surface area contributed by atoms with Crippen molar-refractivity contribution in [1.29, 1.82) is 0 Å². The molecule has 1 amide bonds. The van der Waals surface area contributed by atoms with Crippen LogP contribution in [-0.4, -0.2) is 43.7 Å². The summed E-state index contributed by atoms with van der Waals surface area (Å²) in [5.74, 6) is 1.73. The maximum Gasteiger partial charge on any atom is 0.253 e. The summed E-state index contributed by atoms with van der Waals surface area (Å²) in [6, 6.07) is 15.7. The van der Waals surface area contributed by atoms with E-state index in [4.69, 9.17) is 9.47 Å². The van der Waals surface area contributed by atoms with Gasteiger partial charge >= 0.3 is 0 Å². The predicted molar refractivity (Wildman–Crippen MR) is 103 cm³/mol. The van der Waals surface area contributed by atoms with E-state index in [9.17, 15) is 4.79 Å². The standard InChI is InChI=1S/C21H26N2O3/c1-3-26-19-9-7-16(8-10-19)21(24)23-13-11-17(12-14-23)22-18-5-4-6-20(15-18)25-2/h4-10,15,17,22H,3,11-14H2,1-2H3. The molecule has 26 heavy (non-hydrogen) atoms. The molecule has 0 radical (unpaired) electrons. The number of piperidine rings is 1. The highest BCUT2D eigenvalue weighted by Gasteiger charge is 2.23. The molecule has 1 aliphatic heterocycles. The second kappa shape index (κ2) is 8.61. The van der Waals surface area contributed by atoms with Gasteiger partial charge in [0, 0.05) is 36.4 Å². The second-order valence-corrected chi connectivity index (χ2v) is 6.40. The molecular formula is C21H26N2O3. The number of likely N-dealkylation sites (tertiary alicyclic amines) is 1. The van der Waals surface area contributed by atoms with Gasteiger partial charge in [0.05, 0.1) is 13.7 Å². The smallest absolute Gasteiger partial charge is 0.253 e. The summed E-state index contributed by atoms with van der Waals surface area (Å²) in [4.78, 5) is 14.6. The van der Waals surface area contributed by atoms with Crippen molar-refractivity contribution in [3.63, 3.8) is 0 Å². The lowest BCUT2D eigenvalue weighted by Gasteiger charge is -2.33. The Morgan fingerprint density at radius 1 is 1.12 bits per heavy atom. The molecule has 1 heterocycles. The highest BCUT2D eigenvalue weighted by Crippen LogP contribution is 2.22. The van der Waals surface area contributed by atoms with Crippen molar-refractivity contribution in [2.45, 2.75) is 25.8 Å². The molecule has 3 rings (SSSR count). The third kappa shape index (κ3) is 4.48. The normalized spacial score (nSPS) is 14.8. The summed E-state index contributed by atoms with van der Waals surface area (Å²) >= 11 is 0. The number of methoxy groups -OCH3 is 1. The molecular weight excluding hydrogens is 328 g/mol. The zero-order chi connectivity index (χ0) is 18.4. The monoisotopic (exact) mass is 354 g/mol. The van der Waals surface area contributed by atoms with Gasteiger partial charge in [-0.1, -0.05) is 6.07 Å². The van der Waals surface area contributed by atoms with E-state index in [0.29, 0.717) is 18.2 Å². The molecule has 1 fully saturated rings. The van der Waals surface area contributed by atoms with Crippen LogP contribution < -0.4 is 14.8 Å². The largest absolute Gasteiger partial charge is 0.497 e. The van der Waals surface area contributed by atoms with E-state index in [1.807, 2.05) is 60.4 Å². The molecule has 0 atom stereocenters. The van der Waals surface area contributed by atoms with Crippen LogP contribution in [0, 0.1) is 0 Å². The third-order valence-corrected chi connectivity index (χ3v) is 4.63. The summed E-state index contributed by atoms with van der Waals surface area (Å²) in [5, 5.41) is 3.54. The second-order valence-electron chi connectivity index (χ2n) is 6.40. The lowest BCUT2D eigenvalue weighted by molar-refractivity contribution is 0.0718. The van der Waals surface area contributed by atoms with Crippen LogP contribution in [0.3, 0.4) is 0 Å². The van der Waals surface area contributed by atoms with Crippen LogP contribution in [0.25, 0.3) is 0 Å². The van der Waals surface area contributed by atoms with E-state index in [1.54, 1.807) is 7.11 Å². The fourth-order valence-corrected chi connectivity index (χ4v) is 3.22. The molecule has 5 heteroatoms. The molecule has 2 aromatic carbocycles. The first-order valence-electron chi connectivity index (χ1n) is 9.12. The first-order chi connectivity index (χ1) is 12.7. The number of hydrogen-bond donors (Lipinski definition) is 1. The van der Waals surface area contributed by atoms with Crippen LogP contribution >= 0.6 is 0 Å². The van der Waals surface area contributed by atoms with Crippen LogP contribution in [0.2, 0.25) is 0 Å². The van der Waals surface area contributed by atoms with Gasteiger partial charge in [-0.15, -0.1) is 0 Å². The van der Waals surface area contributed by atoms with Gasteiger partial charge in [0.2, 0.25) is 0 Å². The van der Waals surface area contributed by atoms with Crippen molar-refractivity contribution in [3.8, 4) is 11.5 Å². The average Bonchev–Trinajstić information content (AvgIpc) is 2.69. The Hall–Kier alpha value is -2.69. The fraction of sp³-hybridized carbons (Fsp3) is 0.381. The number of rotatable bonds is 6. The van der Waals surface area contributed by atoms with Crippen molar-refractivity contribution >= 4 is 11.6 Å². The van der Waals surface area contributed by atoms with Crippen LogP contribution in [0.4, 0.5) is 5.69 Å². The molecule has 0 spiro atoms. The lowest BCUT2D eigenvalue weighted by Crippen LogP contribution is -2.42. The quantitative estimate of drug-likeness (QED) is 0.857. The van der Waals surface area contributed by atoms with Crippen molar-refractivity contribution < 1.29 is 14.3 Å². The number of nitrogens with zero attached hydrogens (tertiary/aromatic N) is 1. The van der Waals surface area contributed by atoms with E-state index >= 15 is 0 Å². The van der Waals surface area contributed by atoms with Gasteiger partial charge < -0.3 is 19.7 Å². The summed E-state index contributed by atoms with van der Waals surface area (Å²) in [5.41, 5.74) is 1.77. The van der Waals surface area contributed by atoms with E-state index in [-0.39, 0.29) is 5.91 Å². The third-order valence-electron chi connectivity index (χ3n) is 4.63. The number of amides is 1. The minimum absolute atomic E-state index is 0.0906. The maximum absolute atomic E-state index is 12.7. The maximum atomic E-state index is 12.7. The molecule has 5 nitrogen and oxygen atoms in total. The van der Waals surface area contributed by atoms with Gasteiger partial charge in [0.15, 0.2) is 0 Å². The van der Waals surface area contributed by atoms with E-state index < -0.39 is 0 Å². The van der Waals surface area contributed by atoms with E-state index in [2.05, 4.69) is 5.32 Å². The number of carbonyl (C=O) groups is 1. The van der Waals surface area contributed by atoms with Crippen LogP contribution in [0.15, 0.2) is 48.5 Å². The Bertz CT molecular complexity index is 722. The Kier molecular flexibility index (Phi) is 6.00. The molecule has 0 aromatic heterocycles. The summed E-state index contributed by atoms with van der Waals surface area (Å²) in [6.45, 7) is 4.09. The molecule has 0 unspecified atom stereocenters. The van der Waals surface area contributed by atoms with Crippen molar-refractivity contribution in [2.24, 2.45) is 0 Å². The zero-order valence-electron chi connectivity index (χ0n) is 15.4. The molecule has 0 aliphatic carbocycles. The fourth-order valence-electron chi connectivity index (χ4n) is 3.22. The van der Waals surface area contributed by atoms with Gasteiger partial charge in [-0.05, 0) is 56.2 Å². The summed E-state index contributed by atoms with van der Waals surface area (Å²) in [7, 11) is 1.67. The Labute approximate surface area is 154 Å². The number of hydrogen-bond acceptors (Lipinski definition) is 4. The average molecular weight is 354 g/mol. The SMILES string of the molecule is CCOc1ccc(C(=O)N2CCC(Nc3cccc(OC)c3)CC2)cc1. The van der Waals surface area contributed by atoms with Crippen molar-refractivity contribution in [2.75, 3.05) is 32.1 Å². The molecule has 2 aromatic rings. The Balaban J connectivity index is 1.53. The minimum atomic E-state index is 0.0906. The Morgan fingerprint density at radius 3 is 2.50 bits per heavy atom. The minimum Gasteiger partial charge on any atom is -0.497 e. The molecule has 138 valence electrons. The zero-order valence-corrected chi connectivity index (χ0v) is 15.4.